The second kappa shape index (κ2) is 7.46. The Kier molecular flexibility index (Phi) is 5.92. The molecule has 106 valence electrons. The normalized spacial score (nSPS) is 16.6. The quantitative estimate of drug-likeness (QED) is 0.881. The van der Waals surface area contributed by atoms with Gasteiger partial charge in [0.1, 0.15) is 5.82 Å². The van der Waals surface area contributed by atoms with Crippen molar-refractivity contribution in [1.82, 2.24) is 10.3 Å². The molecule has 1 fully saturated rings. The zero-order valence-electron chi connectivity index (χ0n) is 11.3. The first-order valence-corrected chi connectivity index (χ1v) is 8.14. The number of anilines is 1. The Morgan fingerprint density at radius 2 is 2.21 bits per heavy atom. The second-order valence-electron chi connectivity index (χ2n) is 5.10. The first kappa shape index (κ1) is 15.1. The molecule has 2 heterocycles. The Labute approximate surface area is 128 Å². The zero-order valence-corrected chi connectivity index (χ0v) is 13.7. The highest BCUT2D eigenvalue weighted by Gasteiger charge is 2.19. The third-order valence-corrected chi connectivity index (χ3v) is 4.23. The van der Waals surface area contributed by atoms with Crippen molar-refractivity contribution in [3.63, 3.8) is 0 Å². The number of halogens is 2. The van der Waals surface area contributed by atoms with Crippen molar-refractivity contribution in [2.24, 2.45) is 5.92 Å². The lowest BCUT2D eigenvalue weighted by atomic mass is 9.97. The highest BCUT2D eigenvalue weighted by Crippen LogP contribution is 2.28. The topological polar surface area (TPSA) is 28.2 Å². The molecule has 1 aliphatic heterocycles. The molecule has 19 heavy (non-hydrogen) atoms. The lowest BCUT2D eigenvalue weighted by Gasteiger charge is -2.31. The number of hydrogen-bond acceptors (Lipinski definition) is 3. The van der Waals surface area contributed by atoms with E-state index in [1.807, 2.05) is 12.3 Å². The summed E-state index contributed by atoms with van der Waals surface area (Å²) in [6.45, 7) is 6.53. The molecule has 3 nitrogen and oxygen atoms in total. The van der Waals surface area contributed by atoms with Crippen LogP contribution in [-0.4, -0.2) is 31.2 Å². The SMILES string of the molecule is CCCN(CC1CCNCC1)c1ncc(Br)cc1Cl. The summed E-state index contributed by atoms with van der Waals surface area (Å²) in [6.07, 6.45) is 5.42. The van der Waals surface area contributed by atoms with Crippen LogP contribution in [-0.2, 0) is 0 Å². The summed E-state index contributed by atoms with van der Waals surface area (Å²) >= 11 is 9.74. The highest BCUT2D eigenvalue weighted by molar-refractivity contribution is 9.10. The van der Waals surface area contributed by atoms with E-state index in [-0.39, 0.29) is 0 Å². The first-order chi connectivity index (χ1) is 9.20. The van der Waals surface area contributed by atoms with Gasteiger partial charge in [0, 0.05) is 23.8 Å². The summed E-state index contributed by atoms with van der Waals surface area (Å²) in [6, 6.07) is 1.93. The molecule has 0 bridgehead atoms. The van der Waals surface area contributed by atoms with Crippen LogP contribution in [0.2, 0.25) is 5.02 Å². The standard InChI is InChI=1S/C14H21BrClN3/c1-2-7-19(10-11-3-5-17-6-4-11)14-13(16)8-12(15)9-18-14/h8-9,11,17H,2-7,10H2,1H3. The number of nitrogens with one attached hydrogen (secondary N) is 1. The van der Waals surface area contributed by atoms with Gasteiger partial charge in [0.25, 0.3) is 0 Å². The van der Waals surface area contributed by atoms with Crippen molar-refractivity contribution in [3.8, 4) is 0 Å². The van der Waals surface area contributed by atoms with Gasteiger partial charge in [-0.1, -0.05) is 18.5 Å². The maximum atomic E-state index is 6.33. The number of aromatic nitrogens is 1. The van der Waals surface area contributed by atoms with Gasteiger partial charge in [0.15, 0.2) is 0 Å². The maximum Gasteiger partial charge on any atom is 0.147 e. The molecule has 0 amide bonds. The minimum atomic E-state index is 0.733. The first-order valence-electron chi connectivity index (χ1n) is 6.97. The summed E-state index contributed by atoms with van der Waals surface area (Å²) in [5.41, 5.74) is 0. The largest absolute Gasteiger partial charge is 0.355 e. The van der Waals surface area contributed by atoms with Crippen LogP contribution in [0.4, 0.5) is 5.82 Å². The van der Waals surface area contributed by atoms with Gasteiger partial charge in [-0.05, 0) is 60.3 Å². The number of rotatable bonds is 5. The van der Waals surface area contributed by atoms with E-state index >= 15 is 0 Å². The Hall–Kier alpha value is -0.320. The van der Waals surface area contributed by atoms with Crippen LogP contribution in [0.15, 0.2) is 16.7 Å². The Morgan fingerprint density at radius 3 is 2.84 bits per heavy atom. The summed E-state index contributed by atoms with van der Waals surface area (Å²) in [7, 11) is 0. The van der Waals surface area contributed by atoms with Crippen LogP contribution in [0, 0.1) is 5.92 Å². The van der Waals surface area contributed by atoms with Crippen molar-refractivity contribution in [1.29, 1.82) is 0 Å². The lowest BCUT2D eigenvalue weighted by Crippen LogP contribution is -2.37. The van der Waals surface area contributed by atoms with Gasteiger partial charge in [0.2, 0.25) is 0 Å². The van der Waals surface area contributed by atoms with Crippen LogP contribution in [0.1, 0.15) is 26.2 Å². The fraction of sp³-hybridized carbons (Fsp3) is 0.643. The molecule has 0 aromatic carbocycles. The minimum absolute atomic E-state index is 0.733. The molecule has 0 radical (unpaired) electrons. The molecule has 0 aliphatic carbocycles. The number of piperidine rings is 1. The number of pyridine rings is 1. The van der Waals surface area contributed by atoms with E-state index in [0.29, 0.717) is 0 Å². The Balaban J connectivity index is 2.09. The van der Waals surface area contributed by atoms with E-state index in [2.05, 4.69) is 38.1 Å². The molecule has 1 aromatic heterocycles. The highest BCUT2D eigenvalue weighted by atomic mass is 79.9. The maximum absolute atomic E-state index is 6.33. The average Bonchev–Trinajstić information content (AvgIpc) is 2.39. The van der Waals surface area contributed by atoms with Crippen molar-refractivity contribution >= 4 is 33.3 Å². The predicted molar refractivity (Wildman–Crippen MR) is 85.0 cm³/mol. The van der Waals surface area contributed by atoms with Gasteiger partial charge < -0.3 is 10.2 Å². The van der Waals surface area contributed by atoms with Crippen LogP contribution >= 0.6 is 27.5 Å². The summed E-state index contributed by atoms with van der Waals surface area (Å²) in [5.74, 6) is 1.67. The van der Waals surface area contributed by atoms with E-state index in [1.165, 1.54) is 12.8 Å². The Morgan fingerprint density at radius 1 is 1.47 bits per heavy atom. The van der Waals surface area contributed by atoms with Gasteiger partial charge >= 0.3 is 0 Å². The zero-order chi connectivity index (χ0) is 13.7. The van der Waals surface area contributed by atoms with Gasteiger partial charge in [-0.2, -0.15) is 0 Å². The minimum Gasteiger partial charge on any atom is -0.355 e. The van der Waals surface area contributed by atoms with Crippen LogP contribution in [0.25, 0.3) is 0 Å². The lowest BCUT2D eigenvalue weighted by molar-refractivity contribution is 0.372. The third kappa shape index (κ3) is 4.33. The molecule has 1 N–H and O–H groups in total. The molecule has 0 saturated carbocycles. The molecule has 0 spiro atoms. The third-order valence-electron chi connectivity index (χ3n) is 3.52. The van der Waals surface area contributed by atoms with Crippen LogP contribution in [0.5, 0.6) is 0 Å². The smallest absolute Gasteiger partial charge is 0.147 e. The van der Waals surface area contributed by atoms with E-state index in [0.717, 1.165) is 53.8 Å². The molecule has 1 aromatic rings. The van der Waals surface area contributed by atoms with E-state index in [4.69, 9.17) is 11.6 Å². The van der Waals surface area contributed by atoms with Crippen molar-refractivity contribution in [2.45, 2.75) is 26.2 Å². The van der Waals surface area contributed by atoms with Gasteiger partial charge in [-0.15, -0.1) is 0 Å². The molecule has 1 aliphatic rings. The van der Waals surface area contributed by atoms with Crippen molar-refractivity contribution in [2.75, 3.05) is 31.1 Å². The molecule has 2 rings (SSSR count). The fourth-order valence-electron chi connectivity index (χ4n) is 2.57. The molecular weight excluding hydrogens is 326 g/mol. The summed E-state index contributed by atoms with van der Waals surface area (Å²) in [5, 5.41) is 4.15. The Bertz CT molecular complexity index is 408. The van der Waals surface area contributed by atoms with Gasteiger partial charge in [-0.25, -0.2) is 4.98 Å². The number of nitrogens with zero attached hydrogens (tertiary/aromatic N) is 2. The summed E-state index contributed by atoms with van der Waals surface area (Å²) in [4.78, 5) is 6.83. The molecular formula is C14H21BrClN3. The van der Waals surface area contributed by atoms with Crippen LogP contribution in [0.3, 0.4) is 0 Å². The van der Waals surface area contributed by atoms with Gasteiger partial charge in [0.05, 0.1) is 5.02 Å². The molecule has 0 atom stereocenters. The van der Waals surface area contributed by atoms with E-state index in [9.17, 15) is 0 Å². The van der Waals surface area contributed by atoms with Crippen molar-refractivity contribution in [3.05, 3.63) is 21.8 Å². The summed E-state index contributed by atoms with van der Waals surface area (Å²) < 4.78 is 0.930. The fourth-order valence-corrected chi connectivity index (χ4v) is 3.32. The molecule has 0 unspecified atom stereocenters. The molecule has 1 saturated heterocycles. The van der Waals surface area contributed by atoms with Crippen molar-refractivity contribution < 1.29 is 0 Å². The monoisotopic (exact) mass is 345 g/mol. The van der Waals surface area contributed by atoms with E-state index < -0.39 is 0 Å². The average molecular weight is 347 g/mol. The number of hydrogen-bond donors (Lipinski definition) is 1. The van der Waals surface area contributed by atoms with E-state index in [1.54, 1.807) is 0 Å². The van der Waals surface area contributed by atoms with Crippen LogP contribution < -0.4 is 10.2 Å². The predicted octanol–water partition coefficient (Wildman–Crippen LogP) is 3.71. The van der Waals surface area contributed by atoms with Gasteiger partial charge in [-0.3, -0.25) is 0 Å². The molecule has 5 heteroatoms. The second-order valence-corrected chi connectivity index (χ2v) is 6.42.